The Morgan fingerprint density at radius 1 is 1.12 bits per heavy atom. The van der Waals surface area contributed by atoms with Crippen LogP contribution in [-0.4, -0.2) is 39.2 Å². The van der Waals surface area contributed by atoms with E-state index in [9.17, 15) is 14.4 Å². The molecule has 6 heteroatoms. The molecule has 0 spiro atoms. The quantitative estimate of drug-likeness (QED) is 0.340. The predicted molar refractivity (Wildman–Crippen MR) is 85.8 cm³/mol. The summed E-state index contributed by atoms with van der Waals surface area (Å²) in [7, 11) is 3.86. The average Bonchev–Trinajstić information content (AvgIpc) is 2.84. The summed E-state index contributed by atoms with van der Waals surface area (Å²) in [6.07, 6.45) is 3.29. The Balaban J connectivity index is 2.46. The largest absolute Gasteiger partial charge is 0.468 e. The summed E-state index contributed by atoms with van der Waals surface area (Å²) in [4.78, 5) is 36.8. The molecule has 0 N–H and O–H groups in total. The molecule has 6 nitrogen and oxygen atoms in total. The van der Waals surface area contributed by atoms with Crippen LogP contribution in [0, 0.1) is 16.7 Å². The van der Waals surface area contributed by atoms with E-state index in [1.165, 1.54) is 21.3 Å². The molecule has 2 aliphatic carbocycles. The second kappa shape index (κ2) is 6.42. The van der Waals surface area contributed by atoms with Crippen molar-refractivity contribution in [2.75, 3.05) is 21.3 Å². The number of esters is 3. The molecule has 0 saturated heterocycles. The molecule has 0 amide bonds. The number of hydrogen-bond donors (Lipinski definition) is 0. The molecule has 0 bridgehead atoms. The van der Waals surface area contributed by atoms with E-state index in [1.807, 2.05) is 13.0 Å². The average molecular weight is 336 g/mol. The van der Waals surface area contributed by atoms with Gasteiger partial charge in [0.1, 0.15) is 0 Å². The SMILES string of the molecule is C=C1CC=C(C(=O)OC)CC2(C)CC(C(=O)OC)(C(=O)OC)CC12. The van der Waals surface area contributed by atoms with Gasteiger partial charge in [-0.3, -0.25) is 9.59 Å². The second-order valence-electron chi connectivity index (χ2n) is 6.91. The van der Waals surface area contributed by atoms with Crippen molar-refractivity contribution in [3.63, 3.8) is 0 Å². The predicted octanol–water partition coefficient (Wildman–Crippen LogP) is 2.18. The molecule has 1 saturated carbocycles. The van der Waals surface area contributed by atoms with Crippen LogP contribution in [0.15, 0.2) is 23.8 Å². The van der Waals surface area contributed by atoms with Gasteiger partial charge in [0.25, 0.3) is 0 Å². The first-order chi connectivity index (χ1) is 11.2. The van der Waals surface area contributed by atoms with E-state index in [0.29, 0.717) is 18.4 Å². The van der Waals surface area contributed by atoms with Gasteiger partial charge in [-0.25, -0.2) is 4.79 Å². The number of allylic oxidation sites excluding steroid dienone is 2. The highest BCUT2D eigenvalue weighted by Gasteiger charge is 2.62. The van der Waals surface area contributed by atoms with Crippen LogP contribution in [0.2, 0.25) is 0 Å². The lowest BCUT2D eigenvalue weighted by molar-refractivity contribution is -0.169. The fourth-order valence-electron chi connectivity index (χ4n) is 4.28. The van der Waals surface area contributed by atoms with Crippen molar-refractivity contribution >= 4 is 17.9 Å². The maximum Gasteiger partial charge on any atom is 0.333 e. The molecule has 0 aromatic heterocycles. The van der Waals surface area contributed by atoms with E-state index < -0.39 is 28.7 Å². The minimum Gasteiger partial charge on any atom is -0.468 e. The first-order valence-corrected chi connectivity index (χ1v) is 7.86. The molecule has 2 aliphatic rings. The Labute approximate surface area is 141 Å². The molecular formula is C18H24O6. The van der Waals surface area contributed by atoms with Gasteiger partial charge in [0.15, 0.2) is 5.41 Å². The van der Waals surface area contributed by atoms with Gasteiger partial charge in [0.2, 0.25) is 0 Å². The highest BCUT2D eigenvalue weighted by Crippen LogP contribution is 2.60. The summed E-state index contributed by atoms with van der Waals surface area (Å²) in [5.41, 5.74) is -0.388. The Kier molecular flexibility index (Phi) is 4.87. The Morgan fingerprint density at radius 2 is 1.71 bits per heavy atom. The molecule has 132 valence electrons. The zero-order chi connectivity index (χ0) is 18.1. The van der Waals surface area contributed by atoms with Crippen molar-refractivity contribution < 1.29 is 28.6 Å². The van der Waals surface area contributed by atoms with Crippen LogP contribution in [0.25, 0.3) is 0 Å². The molecule has 1 fully saturated rings. The minimum absolute atomic E-state index is 0.0888. The third-order valence-corrected chi connectivity index (χ3v) is 5.40. The number of hydrogen-bond acceptors (Lipinski definition) is 6. The number of ether oxygens (including phenoxy) is 3. The van der Waals surface area contributed by atoms with E-state index in [2.05, 4.69) is 6.58 Å². The molecule has 2 unspecified atom stereocenters. The van der Waals surface area contributed by atoms with E-state index in [0.717, 1.165) is 5.57 Å². The van der Waals surface area contributed by atoms with Crippen molar-refractivity contribution in [2.45, 2.75) is 32.6 Å². The van der Waals surface area contributed by atoms with Gasteiger partial charge >= 0.3 is 17.9 Å². The summed E-state index contributed by atoms with van der Waals surface area (Å²) in [5.74, 6) is -1.67. The van der Waals surface area contributed by atoms with Crippen molar-refractivity contribution in [1.29, 1.82) is 0 Å². The molecule has 0 aliphatic heterocycles. The van der Waals surface area contributed by atoms with Crippen molar-refractivity contribution in [3.8, 4) is 0 Å². The van der Waals surface area contributed by atoms with Crippen molar-refractivity contribution in [3.05, 3.63) is 23.8 Å². The van der Waals surface area contributed by atoms with Gasteiger partial charge < -0.3 is 14.2 Å². The lowest BCUT2D eigenvalue weighted by atomic mass is 9.73. The lowest BCUT2D eigenvalue weighted by Crippen LogP contribution is -2.40. The van der Waals surface area contributed by atoms with E-state index in [4.69, 9.17) is 14.2 Å². The summed E-state index contributed by atoms with van der Waals surface area (Å²) < 4.78 is 14.6. The van der Waals surface area contributed by atoms with Crippen LogP contribution in [0.1, 0.15) is 32.6 Å². The van der Waals surface area contributed by atoms with Gasteiger partial charge in [-0.15, -0.1) is 0 Å². The minimum atomic E-state index is -1.36. The third-order valence-electron chi connectivity index (χ3n) is 5.40. The molecule has 0 radical (unpaired) electrons. The van der Waals surface area contributed by atoms with Gasteiger partial charge in [-0.05, 0) is 37.0 Å². The second-order valence-corrected chi connectivity index (χ2v) is 6.91. The molecule has 2 rings (SSSR count). The van der Waals surface area contributed by atoms with Gasteiger partial charge in [0, 0.05) is 5.57 Å². The summed E-state index contributed by atoms with van der Waals surface area (Å²) in [6, 6.07) is 0. The number of carbonyl (C=O) groups excluding carboxylic acids is 3. The zero-order valence-corrected chi connectivity index (χ0v) is 14.6. The van der Waals surface area contributed by atoms with E-state index >= 15 is 0 Å². The number of fused-ring (bicyclic) bond motifs is 1. The molecular weight excluding hydrogens is 312 g/mol. The zero-order valence-electron chi connectivity index (χ0n) is 14.6. The normalized spacial score (nSPS) is 28.2. The molecule has 0 heterocycles. The topological polar surface area (TPSA) is 78.9 Å². The number of methoxy groups -OCH3 is 3. The van der Waals surface area contributed by atoms with Crippen LogP contribution in [-0.2, 0) is 28.6 Å². The van der Waals surface area contributed by atoms with E-state index in [1.54, 1.807) is 0 Å². The van der Waals surface area contributed by atoms with Crippen LogP contribution in [0.3, 0.4) is 0 Å². The summed E-state index contributed by atoms with van der Waals surface area (Å²) in [5, 5.41) is 0. The monoisotopic (exact) mass is 336 g/mol. The standard InChI is InChI=1S/C18H24O6/c1-11-6-7-12(14(19)22-3)8-17(2)10-18(9-13(11)17,15(20)23-4)16(21)24-5/h7,13H,1,6,8-10H2,2-5H3. The van der Waals surface area contributed by atoms with E-state index in [-0.39, 0.29) is 18.8 Å². The number of carbonyl (C=O) groups is 3. The maximum atomic E-state index is 12.4. The number of rotatable bonds is 3. The van der Waals surface area contributed by atoms with Crippen LogP contribution < -0.4 is 0 Å². The van der Waals surface area contributed by atoms with Gasteiger partial charge in [0.05, 0.1) is 21.3 Å². The van der Waals surface area contributed by atoms with Crippen LogP contribution in [0.5, 0.6) is 0 Å². The van der Waals surface area contributed by atoms with Crippen LogP contribution >= 0.6 is 0 Å². The molecule has 0 aromatic rings. The maximum absolute atomic E-state index is 12.4. The first-order valence-electron chi connectivity index (χ1n) is 7.86. The fraction of sp³-hybridized carbons (Fsp3) is 0.611. The third kappa shape index (κ3) is 2.74. The van der Waals surface area contributed by atoms with Crippen molar-refractivity contribution in [1.82, 2.24) is 0 Å². The highest BCUT2D eigenvalue weighted by molar-refractivity contribution is 6.00. The molecule has 0 aromatic carbocycles. The highest BCUT2D eigenvalue weighted by atomic mass is 16.5. The Bertz CT molecular complexity index is 601. The summed E-state index contributed by atoms with van der Waals surface area (Å²) >= 11 is 0. The smallest absolute Gasteiger partial charge is 0.333 e. The fourth-order valence-corrected chi connectivity index (χ4v) is 4.28. The van der Waals surface area contributed by atoms with Gasteiger partial charge in [-0.2, -0.15) is 0 Å². The Morgan fingerprint density at radius 3 is 2.21 bits per heavy atom. The van der Waals surface area contributed by atoms with Crippen LogP contribution in [0.4, 0.5) is 0 Å². The first kappa shape index (κ1) is 18.2. The molecule has 2 atom stereocenters. The molecule has 24 heavy (non-hydrogen) atoms. The lowest BCUT2D eigenvalue weighted by Gasteiger charge is -2.31. The van der Waals surface area contributed by atoms with Gasteiger partial charge in [-0.1, -0.05) is 25.2 Å². The Hall–Kier alpha value is -2.11. The van der Waals surface area contributed by atoms with Crippen molar-refractivity contribution in [2.24, 2.45) is 16.7 Å². The summed E-state index contributed by atoms with van der Waals surface area (Å²) in [6.45, 7) is 6.09.